The van der Waals surface area contributed by atoms with E-state index in [1.54, 1.807) is 0 Å². The highest BCUT2D eigenvalue weighted by molar-refractivity contribution is 7.12. The summed E-state index contributed by atoms with van der Waals surface area (Å²) in [4.78, 5) is 24.2. The van der Waals surface area contributed by atoms with Gasteiger partial charge in [0.2, 0.25) is 5.78 Å². The van der Waals surface area contributed by atoms with Crippen LogP contribution in [0.4, 0.5) is 0 Å². The molecule has 2 aromatic rings. The van der Waals surface area contributed by atoms with Crippen LogP contribution in [-0.2, 0) is 22.6 Å². The predicted octanol–water partition coefficient (Wildman–Crippen LogP) is 3.76. The van der Waals surface area contributed by atoms with Gasteiger partial charge < -0.3 is 9.47 Å². The largest absolute Gasteiger partial charge is 0.488 e. The second-order valence-electron chi connectivity index (χ2n) is 5.52. The first-order valence-corrected chi connectivity index (χ1v) is 8.53. The average molecular weight is 330 g/mol. The molecule has 23 heavy (non-hydrogen) atoms. The summed E-state index contributed by atoms with van der Waals surface area (Å²) < 4.78 is 10.7. The van der Waals surface area contributed by atoms with Crippen molar-refractivity contribution in [3.63, 3.8) is 0 Å². The third-order valence-corrected chi connectivity index (χ3v) is 4.75. The molecular weight excluding hydrogens is 312 g/mol. The van der Waals surface area contributed by atoms with Crippen LogP contribution in [-0.4, -0.2) is 18.4 Å². The lowest BCUT2D eigenvalue weighted by Crippen LogP contribution is -2.02. The number of benzene rings is 1. The van der Waals surface area contributed by atoms with E-state index in [4.69, 9.17) is 9.47 Å². The number of aryl methyl sites for hydroxylation is 1. The van der Waals surface area contributed by atoms with Gasteiger partial charge in [-0.05, 0) is 48.4 Å². The molecule has 1 aromatic heterocycles. The monoisotopic (exact) mass is 330 g/mol. The number of unbranched alkanes of at least 4 members (excludes halogenated alkanes) is 1. The SMILES string of the molecule is CC(=O)OCCCCc1ccc2c(c1)C(=O)c1sccc1CO2. The lowest BCUT2D eigenvalue weighted by molar-refractivity contribution is -0.141. The fourth-order valence-corrected chi connectivity index (χ4v) is 3.47. The standard InChI is InChI=1S/C18H18O4S/c1-12(19)21-8-3-2-4-13-5-6-16-15(10-13)17(20)18-14(11-22-16)7-9-23-18/h5-7,9-10H,2-4,8,11H2,1H3. The van der Waals surface area contributed by atoms with Gasteiger partial charge in [0, 0.05) is 12.5 Å². The van der Waals surface area contributed by atoms with Gasteiger partial charge >= 0.3 is 5.97 Å². The Balaban J connectivity index is 1.69. The Bertz CT molecular complexity index is 732. The Hall–Kier alpha value is -2.14. The smallest absolute Gasteiger partial charge is 0.302 e. The Morgan fingerprint density at radius 3 is 3.00 bits per heavy atom. The van der Waals surface area contributed by atoms with E-state index in [9.17, 15) is 9.59 Å². The van der Waals surface area contributed by atoms with Crippen molar-refractivity contribution in [3.05, 3.63) is 51.2 Å². The Kier molecular flexibility index (Phi) is 4.76. The number of ketones is 1. The molecule has 0 saturated carbocycles. The van der Waals surface area contributed by atoms with Crippen molar-refractivity contribution in [2.24, 2.45) is 0 Å². The highest BCUT2D eigenvalue weighted by Crippen LogP contribution is 2.32. The number of ether oxygens (including phenoxy) is 2. The van der Waals surface area contributed by atoms with E-state index in [-0.39, 0.29) is 11.8 Å². The topological polar surface area (TPSA) is 52.6 Å². The van der Waals surface area contributed by atoms with Crippen molar-refractivity contribution < 1.29 is 19.1 Å². The minimum Gasteiger partial charge on any atom is -0.488 e. The number of hydrogen-bond acceptors (Lipinski definition) is 5. The summed E-state index contributed by atoms with van der Waals surface area (Å²) in [5, 5.41) is 1.93. The normalized spacial score (nSPS) is 12.8. The summed E-state index contributed by atoms with van der Waals surface area (Å²) in [6.07, 6.45) is 2.57. The summed E-state index contributed by atoms with van der Waals surface area (Å²) in [6.45, 7) is 2.30. The number of carbonyl (C=O) groups excluding carboxylic acids is 2. The first-order valence-electron chi connectivity index (χ1n) is 7.65. The lowest BCUT2D eigenvalue weighted by Gasteiger charge is -2.09. The van der Waals surface area contributed by atoms with E-state index in [2.05, 4.69) is 0 Å². The van der Waals surface area contributed by atoms with Gasteiger partial charge in [-0.2, -0.15) is 0 Å². The zero-order chi connectivity index (χ0) is 16.2. The molecule has 0 unspecified atom stereocenters. The average Bonchev–Trinajstić information content (AvgIpc) is 2.96. The van der Waals surface area contributed by atoms with Gasteiger partial charge in [-0.25, -0.2) is 0 Å². The molecule has 2 heterocycles. The fourth-order valence-electron chi connectivity index (χ4n) is 2.61. The molecule has 3 rings (SSSR count). The summed E-state index contributed by atoms with van der Waals surface area (Å²) >= 11 is 1.47. The van der Waals surface area contributed by atoms with E-state index in [1.807, 2.05) is 29.6 Å². The molecule has 0 atom stereocenters. The molecule has 0 N–H and O–H groups in total. The van der Waals surface area contributed by atoms with Gasteiger partial charge in [-0.15, -0.1) is 11.3 Å². The molecule has 0 saturated heterocycles. The van der Waals surface area contributed by atoms with Crippen LogP contribution >= 0.6 is 11.3 Å². The van der Waals surface area contributed by atoms with E-state index >= 15 is 0 Å². The number of fused-ring (bicyclic) bond motifs is 2. The van der Waals surface area contributed by atoms with Crippen LogP contribution in [0.5, 0.6) is 5.75 Å². The highest BCUT2D eigenvalue weighted by Gasteiger charge is 2.23. The van der Waals surface area contributed by atoms with E-state index in [1.165, 1.54) is 18.3 Å². The van der Waals surface area contributed by atoms with Crippen molar-refractivity contribution in [2.75, 3.05) is 6.61 Å². The lowest BCUT2D eigenvalue weighted by atomic mass is 10.0. The second-order valence-corrected chi connectivity index (χ2v) is 6.44. The van der Waals surface area contributed by atoms with Gasteiger partial charge in [0.15, 0.2) is 0 Å². The van der Waals surface area contributed by atoms with Gasteiger partial charge in [-0.1, -0.05) is 6.07 Å². The molecule has 1 aliphatic rings. The zero-order valence-electron chi connectivity index (χ0n) is 13.0. The number of hydrogen-bond donors (Lipinski definition) is 0. The molecule has 0 radical (unpaired) electrons. The molecule has 5 heteroatoms. The van der Waals surface area contributed by atoms with Crippen LogP contribution in [0.3, 0.4) is 0 Å². The van der Waals surface area contributed by atoms with Gasteiger partial charge in [-0.3, -0.25) is 9.59 Å². The minimum absolute atomic E-state index is 0.0456. The van der Waals surface area contributed by atoms with Crippen LogP contribution in [0.25, 0.3) is 0 Å². The Morgan fingerprint density at radius 1 is 1.30 bits per heavy atom. The maximum atomic E-state index is 12.7. The number of carbonyl (C=O) groups is 2. The van der Waals surface area contributed by atoms with Crippen molar-refractivity contribution >= 4 is 23.1 Å². The third kappa shape index (κ3) is 3.62. The molecule has 0 bridgehead atoms. The maximum absolute atomic E-state index is 12.7. The first-order chi connectivity index (χ1) is 11.1. The van der Waals surface area contributed by atoms with Gasteiger partial charge in [0.05, 0.1) is 17.0 Å². The molecule has 1 aromatic carbocycles. The van der Waals surface area contributed by atoms with Gasteiger partial charge in [0.1, 0.15) is 12.4 Å². The Labute approximate surface area is 139 Å². The van der Waals surface area contributed by atoms with Crippen molar-refractivity contribution in [1.82, 2.24) is 0 Å². The number of thiophene rings is 1. The van der Waals surface area contributed by atoms with Crippen molar-refractivity contribution in [1.29, 1.82) is 0 Å². The van der Waals surface area contributed by atoms with Crippen molar-refractivity contribution in [3.8, 4) is 5.75 Å². The predicted molar refractivity (Wildman–Crippen MR) is 88.1 cm³/mol. The number of rotatable bonds is 5. The quantitative estimate of drug-likeness (QED) is 0.619. The molecule has 0 aliphatic carbocycles. The summed E-state index contributed by atoms with van der Waals surface area (Å²) in [7, 11) is 0. The molecule has 0 fully saturated rings. The zero-order valence-corrected chi connectivity index (χ0v) is 13.8. The van der Waals surface area contributed by atoms with Gasteiger partial charge in [0.25, 0.3) is 0 Å². The summed E-state index contributed by atoms with van der Waals surface area (Å²) in [5.41, 5.74) is 2.70. The van der Waals surface area contributed by atoms with Crippen LogP contribution in [0.15, 0.2) is 29.6 Å². The van der Waals surface area contributed by atoms with Crippen molar-refractivity contribution in [2.45, 2.75) is 32.8 Å². The first kappa shape index (κ1) is 15.7. The summed E-state index contributed by atoms with van der Waals surface area (Å²) in [6, 6.07) is 7.75. The maximum Gasteiger partial charge on any atom is 0.302 e. The summed E-state index contributed by atoms with van der Waals surface area (Å²) in [5.74, 6) is 0.454. The van der Waals surface area contributed by atoms with Crippen LogP contribution in [0, 0.1) is 0 Å². The molecular formula is C18H18O4S. The van der Waals surface area contributed by atoms with Crippen LogP contribution in [0.2, 0.25) is 0 Å². The van der Waals surface area contributed by atoms with E-state index in [0.29, 0.717) is 24.5 Å². The minimum atomic E-state index is -0.246. The molecule has 120 valence electrons. The fraction of sp³-hybridized carbons (Fsp3) is 0.333. The highest BCUT2D eigenvalue weighted by atomic mass is 32.1. The number of esters is 1. The van der Waals surface area contributed by atoms with E-state index < -0.39 is 0 Å². The van der Waals surface area contributed by atoms with Crippen LogP contribution < -0.4 is 4.74 Å². The second kappa shape index (κ2) is 6.96. The van der Waals surface area contributed by atoms with Crippen LogP contribution in [0.1, 0.15) is 46.1 Å². The van der Waals surface area contributed by atoms with E-state index in [0.717, 1.165) is 35.3 Å². The molecule has 0 spiro atoms. The molecule has 1 aliphatic heterocycles. The third-order valence-electron chi connectivity index (χ3n) is 3.79. The Morgan fingerprint density at radius 2 is 2.17 bits per heavy atom. The molecule has 0 amide bonds. The molecule has 4 nitrogen and oxygen atoms in total.